The summed E-state index contributed by atoms with van der Waals surface area (Å²) in [7, 11) is 0. The summed E-state index contributed by atoms with van der Waals surface area (Å²) in [5.74, 6) is -1.21. The minimum Gasteiger partial charge on any atom is -0.449 e. The van der Waals surface area contributed by atoms with Crippen LogP contribution in [0.3, 0.4) is 0 Å². The Morgan fingerprint density at radius 3 is 1.82 bits per heavy atom. The van der Waals surface area contributed by atoms with Crippen molar-refractivity contribution in [2.75, 3.05) is 0 Å². The van der Waals surface area contributed by atoms with Crippen LogP contribution in [0.1, 0.15) is 19.8 Å². The molecule has 0 saturated heterocycles. The molecule has 0 radical (unpaired) electrons. The Balaban J connectivity index is 0.000001000. The Kier molecular flexibility index (Phi) is 4.16. The first-order valence-corrected chi connectivity index (χ1v) is 3.24. The summed E-state index contributed by atoms with van der Waals surface area (Å²) >= 11 is 0. The van der Waals surface area contributed by atoms with Crippen molar-refractivity contribution in [3.8, 4) is 0 Å². The van der Waals surface area contributed by atoms with Crippen LogP contribution in [-0.2, 0) is 0 Å². The Labute approximate surface area is 106 Å². The number of aliphatic hydroxyl groups is 1. The van der Waals surface area contributed by atoms with Crippen molar-refractivity contribution >= 4 is 6.98 Å². The molecule has 6 heteroatoms. The predicted octanol–water partition coefficient (Wildman–Crippen LogP) is -1.25. The van der Waals surface area contributed by atoms with Gasteiger partial charge < -0.3 is 18.1 Å². The van der Waals surface area contributed by atoms with E-state index in [1.165, 1.54) is 6.92 Å². The first kappa shape index (κ1) is 12.5. The Morgan fingerprint density at radius 1 is 1.36 bits per heavy atom. The Hall–Kier alpha value is 1.45. The fourth-order valence-electron chi connectivity index (χ4n) is 1.34. The molecule has 1 saturated carbocycles. The van der Waals surface area contributed by atoms with Gasteiger partial charge in [-0.2, -0.15) is 0 Å². The van der Waals surface area contributed by atoms with Crippen LogP contribution in [0.25, 0.3) is 0 Å². The molecular formula is C5H9BF3KO. The van der Waals surface area contributed by atoms with E-state index in [4.69, 9.17) is 5.11 Å². The van der Waals surface area contributed by atoms with Crippen LogP contribution in [0.2, 0.25) is 5.82 Å². The molecule has 0 bridgehead atoms. The van der Waals surface area contributed by atoms with E-state index in [0.717, 1.165) is 0 Å². The Morgan fingerprint density at radius 2 is 1.73 bits per heavy atom. The quantitative estimate of drug-likeness (QED) is 0.515. The topological polar surface area (TPSA) is 20.2 Å². The van der Waals surface area contributed by atoms with Crippen molar-refractivity contribution < 1.29 is 69.4 Å². The first-order chi connectivity index (χ1) is 4.31. The molecule has 1 rings (SSSR count). The minimum atomic E-state index is -4.70. The number of rotatable bonds is 1. The van der Waals surface area contributed by atoms with Gasteiger partial charge in [-0.1, -0.05) is 5.82 Å². The molecule has 1 N–H and O–H groups in total. The molecular weight excluding hydrogens is 183 g/mol. The predicted molar refractivity (Wildman–Crippen MR) is 32.7 cm³/mol. The third-order valence-corrected chi connectivity index (χ3v) is 1.94. The van der Waals surface area contributed by atoms with Gasteiger partial charge in [0.2, 0.25) is 0 Å². The van der Waals surface area contributed by atoms with Crippen LogP contribution in [0.4, 0.5) is 12.9 Å². The summed E-state index contributed by atoms with van der Waals surface area (Å²) in [6, 6.07) is 0. The molecule has 0 atom stereocenters. The van der Waals surface area contributed by atoms with Gasteiger partial charge in [0.05, 0.1) is 5.60 Å². The maximum Gasteiger partial charge on any atom is 1.00 e. The van der Waals surface area contributed by atoms with Crippen molar-refractivity contribution in [3.05, 3.63) is 0 Å². The summed E-state index contributed by atoms with van der Waals surface area (Å²) in [5, 5.41) is 8.96. The maximum atomic E-state index is 11.8. The normalized spacial score (nSPS) is 37.4. The van der Waals surface area contributed by atoms with Gasteiger partial charge in [0, 0.05) is 0 Å². The molecule has 0 aliphatic heterocycles. The molecule has 1 aliphatic rings. The zero-order valence-electron chi connectivity index (χ0n) is 6.65. The van der Waals surface area contributed by atoms with E-state index in [1.54, 1.807) is 0 Å². The fraction of sp³-hybridized carbons (Fsp3) is 1.00. The van der Waals surface area contributed by atoms with Gasteiger partial charge in [0.25, 0.3) is 0 Å². The number of hydrogen-bond acceptors (Lipinski definition) is 1. The zero-order chi connectivity index (χ0) is 7.99. The molecule has 0 unspecified atom stereocenters. The van der Waals surface area contributed by atoms with Gasteiger partial charge in [-0.15, -0.1) is 0 Å². The van der Waals surface area contributed by atoms with Crippen molar-refractivity contribution in [1.82, 2.24) is 0 Å². The Bertz CT molecular complexity index is 139. The molecule has 0 amide bonds. The molecule has 60 valence electrons. The third-order valence-electron chi connectivity index (χ3n) is 1.94. The van der Waals surface area contributed by atoms with E-state index in [-0.39, 0.29) is 64.2 Å². The second kappa shape index (κ2) is 3.67. The van der Waals surface area contributed by atoms with Gasteiger partial charge in [0.1, 0.15) is 0 Å². The monoisotopic (exact) mass is 192 g/mol. The zero-order valence-corrected chi connectivity index (χ0v) is 9.77. The van der Waals surface area contributed by atoms with E-state index in [0.29, 0.717) is 0 Å². The molecule has 0 aromatic heterocycles. The summed E-state index contributed by atoms with van der Waals surface area (Å²) in [4.78, 5) is 0. The number of halogens is 3. The van der Waals surface area contributed by atoms with Crippen LogP contribution in [0.5, 0.6) is 0 Å². The molecule has 1 aliphatic carbocycles. The molecule has 1 nitrogen and oxygen atoms in total. The minimum absolute atomic E-state index is 0. The largest absolute Gasteiger partial charge is 1.00 e. The summed E-state index contributed by atoms with van der Waals surface area (Å²) < 4.78 is 35.4. The van der Waals surface area contributed by atoms with Gasteiger partial charge in [-0.25, -0.2) is 0 Å². The van der Waals surface area contributed by atoms with E-state index >= 15 is 0 Å². The summed E-state index contributed by atoms with van der Waals surface area (Å²) in [6.07, 6.45) is -0.229. The molecule has 0 spiro atoms. The van der Waals surface area contributed by atoms with E-state index in [2.05, 4.69) is 0 Å². The van der Waals surface area contributed by atoms with E-state index in [1.807, 2.05) is 0 Å². The molecule has 1 fully saturated rings. The van der Waals surface area contributed by atoms with Crippen LogP contribution < -0.4 is 51.4 Å². The smallest absolute Gasteiger partial charge is 0.449 e. The SMILES string of the molecule is CC1(O)CC([B-](F)(F)F)C1.[K+]. The van der Waals surface area contributed by atoms with Crippen LogP contribution >= 0.6 is 0 Å². The first-order valence-electron chi connectivity index (χ1n) is 3.24. The van der Waals surface area contributed by atoms with Crippen LogP contribution in [0, 0.1) is 0 Å². The van der Waals surface area contributed by atoms with E-state index in [9.17, 15) is 12.9 Å². The fourth-order valence-corrected chi connectivity index (χ4v) is 1.34. The van der Waals surface area contributed by atoms with Gasteiger partial charge in [0.15, 0.2) is 0 Å². The van der Waals surface area contributed by atoms with Gasteiger partial charge in [-0.05, 0) is 19.8 Å². The van der Waals surface area contributed by atoms with Gasteiger partial charge >= 0.3 is 58.4 Å². The second-order valence-electron chi connectivity index (χ2n) is 3.29. The molecule has 0 aromatic carbocycles. The molecule has 0 heterocycles. The number of hydrogen-bond donors (Lipinski definition) is 1. The van der Waals surface area contributed by atoms with Crippen LogP contribution in [-0.4, -0.2) is 17.7 Å². The molecule has 0 aromatic rings. The standard InChI is InChI=1S/C5H9BF3O.K/c1-5(10)2-4(3-5)6(7,8)9;/h4,10H,2-3H2,1H3;/q-1;+1. The van der Waals surface area contributed by atoms with E-state index < -0.39 is 18.4 Å². The summed E-state index contributed by atoms with van der Waals surface area (Å²) in [6.45, 7) is -3.26. The van der Waals surface area contributed by atoms with Crippen LogP contribution in [0.15, 0.2) is 0 Å². The maximum absolute atomic E-state index is 11.8. The average Bonchev–Trinajstić information content (AvgIpc) is 1.56. The van der Waals surface area contributed by atoms with Crippen molar-refractivity contribution in [3.63, 3.8) is 0 Å². The summed E-state index contributed by atoms with van der Waals surface area (Å²) in [5.41, 5.74) is -1.05. The van der Waals surface area contributed by atoms with Crippen molar-refractivity contribution in [2.45, 2.75) is 31.2 Å². The van der Waals surface area contributed by atoms with Crippen molar-refractivity contribution in [1.29, 1.82) is 0 Å². The van der Waals surface area contributed by atoms with Crippen molar-refractivity contribution in [2.24, 2.45) is 0 Å². The third kappa shape index (κ3) is 3.36. The second-order valence-corrected chi connectivity index (χ2v) is 3.29. The van der Waals surface area contributed by atoms with Gasteiger partial charge in [-0.3, -0.25) is 0 Å². The average molecular weight is 192 g/mol. The molecule has 11 heavy (non-hydrogen) atoms.